The van der Waals surface area contributed by atoms with E-state index in [0.717, 1.165) is 23.0 Å². The van der Waals surface area contributed by atoms with Gasteiger partial charge in [0.1, 0.15) is 23.4 Å². The van der Waals surface area contributed by atoms with Crippen molar-refractivity contribution in [3.8, 4) is 11.3 Å². The lowest BCUT2D eigenvalue weighted by Gasteiger charge is -2.17. The van der Waals surface area contributed by atoms with Crippen molar-refractivity contribution in [2.45, 2.75) is 19.1 Å². The van der Waals surface area contributed by atoms with Crippen LogP contribution in [0.1, 0.15) is 18.5 Å². The van der Waals surface area contributed by atoms with E-state index in [2.05, 4.69) is 15.5 Å². The maximum atomic E-state index is 13.2. The van der Waals surface area contributed by atoms with Crippen molar-refractivity contribution in [3.05, 3.63) is 75.8 Å². The summed E-state index contributed by atoms with van der Waals surface area (Å²) in [4.78, 5) is 29.8. The molecule has 1 unspecified atom stereocenters. The van der Waals surface area contributed by atoms with Crippen LogP contribution in [0.25, 0.3) is 22.4 Å². The minimum atomic E-state index is -4.65. The molecule has 0 bridgehead atoms. The maximum Gasteiger partial charge on any atom is 0.418 e. The topological polar surface area (TPSA) is 90.0 Å². The van der Waals surface area contributed by atoms with Gasteiger partial charge in [-0.15, -0.1) is 0 Å². The first kappa shape index (κ1) is 21.6. The predicted molar refractivity (Wildman–Crippen MR) is 111 cm³/mol. The van der Waals surface area contributed by atoms with E-state index in [9.17, 15) is 22.8 Å². The summed E-state index contributed by atoms with van der Waals surface area (Å²) in [6.07, 6.45) is -3.57. The number of benzene rings is 2. The van der Waals surface area contributed by atoms with Gasteiger partial charge in [0.2, 0.25) is 5.91 Å². The second kappa shape index (κ2) is 8.12. The number of hydrogen-bond acceptors (Lipinski definition) is 5. The van der Waals surface area contributed by atoms with E-state index in [4.69, 9.17) is 16.1 Å². The Bertz CT molecular complexity index is 1360. The van der Waals surface area contributed by atoms with Crippen molar-refractivity contribution in [1.82, 2.24) is 14.7 Å². The smallest absolute Gasteiger partial charge is 0.335 e. The number of alkyl halides is 3. The fourth-order valence-electron chi connectivity index (χ4n) is 3.14. The van der Waals surface area contributed by atoms with E-state index in [1.807, 2.05) is 0 Å². The number of carbonyl (C=O) groups excluding carboxylic acids is 1. The van der Waals surface area contributed by atoms with Crippen LogP contribution in [0.3, 0.4) is 0 Å². The number of hydrogen-bond donors (Lipinski definition) is 1. The molecule has 0 aliphatic heterocycles. The third-order valence-corrected chi connectivity index (χ3v) is 5.08. The number of nitrogens with zero attached hydrogens (tertiary/aromatic N) is 3. The normalized spacial score (nSPS) is 12.7. The second-order valence-corrected chi connectivity index (χ2v) is 7.32. The zero-order valence-corrected chi connectivity index (χ0v) is 17.1. The Morgan fingerprint density at radius 2 is 1.84 bits per heavy atom. The summed E-state index contributed by atoms with van der Waals surface area (Å²) in [6.45, 7) is 1.37. The van der Waals surface area contributed by atoms with Crippen LogP contribution < -0.4 is 10.9 Å². The Morgan fingerprint density at radius 1 is 1.16 bits per heavy atom. The van der Waals surface area contributed by atoms with Gasteiger partial charge in [-0.3, -0.25) is 14.2 Å². The lowest BCUT2D eigenvalue weighted by Crippen LogP contribution is -2.32. The molecule has 1 N–H and O–H groups in total. The highest BCUT2D eigenvalue weighted by molar-refractivity contribution is 6.30. The molecule has 2 aromatic carbocycles. The Kier molecular flexibility index (Phi) is 5.47. The summed E-state index contributed by atoms with van der Waals surface area (Å²) in [5.74, 6) is -0.825. The summed E-state index contributed by atoms with van der Waals surface area (Å²) in [7, 11) is 0. The molecule has 32 heavy (non-hydrogen) atoms. The van der Waals surface area contributed by atoms with E-state index >= 15 is 0 Å². The SMILES string of the molecule is CC(C(=O)Nc1ccccc1C(F)(F)F)n1cnc2onc(-c3ccc(Cl)cc3)c2c1=O. The van der Waals surface area contributed by atoms with Gasteiger partial charge in [-0.2, -0.15) is 13.2 Å². The largest absolute Gasteiger partial charge is 0.418 e. The lowest BCUT2D eigenvalue weighted by molar-refractivity contribution is -0.137. The molecule has 2 heterocycles. The van der Waals surface area contributed by atoms with E-state index in [1.54, 1.807) is 24.3 Å². The Hall–Kier alpha value is -3.66. The van der Waals surface area contributed by atoms with Gasteiger partial charge in [0.05, 0.1) is 11.3 Å². The van der Waals surface area contributed by atoms with Gasteiger partial charge in [-0.1, -0.05) is 41.0 Å². The number of carbonyl (C=O) groups is 1. The van der Waals surface area contributed by atoms with Crippen molar-refractivity contribution in [2.75, 3.05) is 5.32 Å². The summed E-state index contributed by atoms with van der Waals surface area (Å²) < 4.78 is 45.8. The molecule has 0 saturated heterocycles. The molecule has 1 amide bonds. The molecule has 0 aliphatic rings. The van der Waals surface area contributed by atoms with Crippen molar-refractivity contribution in [1.29, 1.82) is 0 Å². The van der Waals surface area contributed by atoms with Crippen molar-refractivity contribution in [3.63, 3.8) is 0 Å². The molecule has 0 fully saturated rings. The van der Waals surface area contributed by atoms with Gasteiger partial charge in [-0.05, 0) is 31.2 Å². The average Bonchev–Trinajstić information content (AvgIpc) is 3.19. The van der Waals surface area contributed by atoms with Gasteiger partial charge < -0.3 is 9.84 Å². The number of aromatic nitrogens is 3. The minimum absolute atomic E-state index is 0.0326. The number of amides is 1. The Labute approximate surface area is 183 Å². The van der Waals surface area contributed by atoms with Crippen LogP contribution in [0.15, 0.2) is 64.2 Å². The lowest BCUT2D eigenvalue weighted by atomic mass is 10.1. The number of rotatable bonds is 4. The number of anilines is 1. The summed E-state index contributed by atoms with van der Waals surface area (Å²) in [5, 5.41) is 6.65. The molecular formula is C21H14ClF3N4O3. The number of para-hydroxylation sites is 1. The van der Waals surface area contributed by atoms with Crippen molar-refractivity contribution in [2.24, 2.45) is 0 Å². The molecule has 2 aromatic heterocycles. The fourth-order valence-corrected chi connectivity index (χ4v) is 3.27. The molecule has 7 nitrogen and oxygen atoms in total. The third kappa shape index (κ3) is 3.96. The quantitative estimate of drug-likeness (QED) is 0.465. The molecule has 0 aliphatic carbocycles. The number of fused-ring (bicyclic) bond motifs is 1. The average molecular weight is 463 g/mol. The second-order valence-electron chi connectivity index (χ2n) is 6.88. The van der Waals surface area contributed by atoms with Gasteiger partial charge in [-0.25, -0.2) is 4.98 Å². The van der Waals surface area contributed by atoms with Gasteiger partial charge >= 0.3 is 6.18 Å². The van der Waals surface area contributed by atoms with Gasteiger partial charge in [0.15, 0.2) is 0 Å². The van der Waals surface area contributed by atoms with E-state index in [0.29, 0.717) is 10.6 Å². The molecular weight excluding hydrogens is 449 g/mol. The molecule has 164 valence electrons. The Morgan fingerprint density at radius 3 is 2.53 bits per heavy atom. The highest BCUT2D eigenvalue weighted by Crippen LogP contribution is 2.35. The Balaban J connectivity index is 1.70. The molecule has 11 heteroatoms. The van der Waals surface area contributed by atoms with Crippen LogP contribution >= 0.6 is 11.6 Å². The van der Waals surface area contributed by atoms with E-state index in [-0.39, 0.29) is 16.8 Å². The third-order valence-electron chi connectivity index (χ3n) is 4.83. The zero-order valence-electron chi connectivity index (χ0n) is 16.4. The summed E-state index contributed by atoms with van der Waals surface area (Å²) in [6, 6.07) is 9.90. The molecule has 0 saturated carbocycles. The highest BCUT2D eigenvalue weighted by Gasteiger charge is 2.34. The van der Waals surface area contributed by atoms with Crippen LogP contribution in [0.5, 0.6) is 0 Å². The molecule has 0 radical (unpaired) electrons. The minimum Gasteiger partial charge on any atom is -0.335 e. The summed E-state index contributed by atoms with van der Waals surface area (Å²) >= 11 is 5.89. The van der Waals surface area contributed by atoms with E-state index in [1.165, 1.54) is 19.1 Å². The van der Waals surface area contributed by atoms with Crippen LogP contribution in [0.2, 0.25) is 5.02 Å². The van der Waals surface area contributed by atoms with Crippen molar-refractivity contribution >= 4 is 34.3 Å². The van der Waals surface area contributed by atoms with E-state index < -0.39 is 34.9 Å². The van der Waals surface area contributed by atoms with Gasteiger partial charge in [0, 0.05) is 10.6 Å². The van der Waals surface area contributed by atoms with Crippen LogP contribution in [0.4, 0.5) is 18.9 Å². The van der Waals surface area contributed by atoms with Gasteiger partial charge in [0.25, 0.3) is 11.3 Å². The zero-order chi connectivity index (χ0) is 23.0. The first-order valence-electron chi connectivity index (χ1n) is 9.26. The summed E-state index contributed by atoms with van der Waals surface area (Å²) in [5.41, 5.74) is -1.32. The first-order chi connectivity index (χ1) is 15.2. The molecule has 0 spiro atoms. The van der Waals surface area contributed by atoms with Crippen LogP contribution in [-0.4, -0.2) is 20.6 Å². The molecule has 1 atom stereocenters. The fraction of sp³-hybridized carbons (Fsp3) is 0.143. The van der Waals surface area contributed by atoms with Crippen molar-refractivity contribution < 1.29 is 22.5 Å². The van der Waals surface area contributed by atoms with Crippen LogP contribution in [-0.2, 0) is 11.0 Å². The first-order valence-corrected chi connectivity index (χ1v) is 9.64. The predicted octanol–water partition coefficient (Wildman–Crippen LogP) is 4.92. The van der Waals surface area contributed by atoms with Crippen LogP contribution in [0, 0.1) is 0 Å². The molecule has 4 rings (SSSR count). The number of nitrogens with one attached hydrogen (secondary N) is 1. The monoisotopic (exact) mass is 462 g/mol. The molecule has 4 aromatic rings. The standard InChI is InChI=1S/C21H14ClF3N4O3/c1-11(18(30)27-15-5-3-2-4-14(15)21(23,24)25)29-10-26-19-16(20(29)31)17(28-32-19)12-6-8-13(22)9-7-12/h2-11H,1H3,(H,27,30). The highest BCUT2D eigenvalue weighted by atomic mass is 35.5. The number of halogens is 4. The maximum absolute atomic E-state index is 13.2.